The van der Waals surface area contributed by atoms with Crippen molar-refractivity contribution in [2.24, 2.45) is 5.73 Å². The van der Waals surface area contributed by atoms with Crippen molar-refractivity contribution in [2.75, 3.05) is 0 Å². The number of nitrogen functional groups attached to an aromatic ring is 1. The van der Waals surface area contributed by atoms with Crippen molar-refractivity contribution in [1.29, 1.82) is 5.41 Å². The Kier molecular flexibility index (Phi) is 4.04. The van der Waals surface area contributed by atoms with Gasteiger partial charge in [0, 0.05) is 19.8 Å². The summed E-state index contributed by atoms with van der Waals surface area (Å²) in [6, 6.07) is 12.0. The molecule has 0 aliphatic rings. The fourth-order valence-corrected chi connectivity index (χ4v) is 3.06. The largest absolute Gasteiger partial charge is 0.384 e. The predicted molar refractivity (Wildman–Crippen MR) is 75.7 cm³/mol. The Morgan fingerprint density at radius 3 is 2.56 bits per heavy atom. The molecule has 0 heterocycles. The molecule has 2 aromatic rings. The summed E-state index contributed by atoms with van der Waals surface area (Å²) in [6.45, 7) is 0. The van der Waals surface area contributed by atoms with Crippen molar-refractivity contribution in [3.63, 3.8) is 0 Å². The first-order valence-corrected chi connectivity index (χ1v) is 6.75. The summed E-state index contributed by atoms with van der Waals surface area (Å²) in [7, 11) is 0. The summed E-state index contributed by atoms with van der Waals surface area (Å²) in [6.07, 6.45) is 0. The average molecular weight is 325 g/mol. The van der Waals surface area contributed by atoms with Gasteiger partial charge >= 0.3 is 0 Å². The number of nitrogens with two attached hydrogens (primary N) is 1. The molecule has 0 saturated carbocycles. The van der Waals surface area contributed by atoms with Gasteiger partial charge < -0.3 is 5.73 Å². The van der Waals surface area contributed by atoms with E-state index in [2.05, 4.69) is 15.9 Å². The van der Waals surface area contributed by atoms with Gasteiger partial charge in [-0.2, -0.15) is 0 Å². The third kappa shape index (κ3) is 2.91. The second-order valence-electron chi connectivity index (χ2n) is 3.59. The number of hydrogen-bond donors (Lipinski definition) is 2. The lowest BCUT2D eigenvalue weighted by Crippen LogP contribution is -2.11. The third-order valence-electron chi connectivity index (χ3n) is 2.30. The number of hydrogen-bond acceptors (Lipinski definition) is 2. The van der Waals surface area contributed by atoms with Gasteiger partial charge in [-0.05, 0) is 46.3 Å². The van der Waals surface area contributed by atoms with E-state index in [1.54, 1.807) is 24.3 Å². The van der Waals surface area contributed by atoms with E-state index in [1.165, 1.54) is 17.8 Å². The molecule has 0 unspecified atom stereocenters. The Hall–Kier alpha value is -1.33. The van der Waals surface area contributed by atoms with Gasteiger partial charge in [0.15, 0.2) is 0 Å². The van der Waals surface area contributed by atoms with Gasteiger partial charge in [-0.1, -0.05) is 23.9 Å². The SMILES string of the molecule is N=C(N)c1ccc(Sc2ccccc2F)cc1Br. The molecule has 0 spiro atoms. The average Bonchev–Trinajstić information content (AvgIpc) is 2.32. The highest BCUT2D eigenvalue weighted by atomic mass is 79.9. The zero-order valence-corrected chi connectivity index (χ0v) is 11.7. The van der Waals surface area contributed by atoms with E-state index in [-0.39, 0.29) is 11.7 Å². The topological polar surface area (TPSA) is 49.9 Å². The molecule has 0 fully saturated rings. The van der Waals surface area contributed by atoms with Crippen molar-refractivity contribution in [3.8, 4) is 0 Å². The summed E-state index contributed by atoms with van der Waals surface area (Å²) in [5.74, 6) is -0.237. The zero-order valence-electron chi connectivity index (χ0n) is 9.28. The van der Waals surface area contributed by atoms with Gasteiger partial charge in [-0.15, -0.1) is 0 Å². The number of amidine groups is 1. The molecule has 0 saturated heterocycles. The van der Waals surface area contributed by atoms with E-state index in [9.17, 15) is 4.39 Å². The molecule has 3 N–H and O–H groups in total. The highest BCUT2D eigenvalue weighted by Crippen LogP contribution is 2.32. The van der Waals surface area contributed by atoms with Gasteiger partial charge in [0.2, 0.25) is 0 Å². The standard InChI is InChI=1S/C13H10BrFN2S/c14-10-7-8(5-6-9(10)13(16)17)18-12-4-2-1-3-11(12)15/h1-7H,(H3,16,17). The molecule has 2 aromatic carbocycles. The molecular formula is C13H10BrFN2S. The Labute approximate surface area is 117 Å². The maximum atomic E-state index is 13.5. The normalized spacial score (nSPS) is 10.3. The zero-order chi connectivity index (χ0) is 13.1. The van der Waals surface area contributed by atoms with Crippen LogP contribution in [0.3, 0.4) is 0 Å². The van der Waals surface area contributed by atoms with Crippen LogP contribution in [-0.2, 0) is 0 Å². The summed E-state index contributed by atoms with van der Waals surface area (Å²) in [4.78, 5) is 1.46. The first-order chi connectivity index (χ1) is 8.58. The fourth-order valence-electron chi connectivity index (χ4n) is 1.43. The number of rotatable bonds is 3. The Morgan fingerprint density at radius 2 is 1.94 bits per heavy atom. The molecule has 0 bridgehead atoms. The number of nitrogens with one attached hydrogen (secondary N) is 1. The van der Waals surface area contributed by atoms with Crippen molar-refractivity contribution >= 4 is 33.5 Å². The molecule has 2 rings (SSSR count). The third-order valence-corrected chi connectivity index (χ3v) is 3.99. The Balaban J connectivity index is 2.29. The highest BCUT2D eigenvalue weighted by Gasteiger charge is 2.07. The lowest BCUT2D eigenvalue weighted by atomic mass is 10.2. The monoisotopic (exact) mass is 324 g/mol. The van der Waals surface area contributed by atoms with E-state index >= 15 is 0 Å². The van der Waals surface area contributed by atoms with Crippen LogP contribution < -0.4 is 5.73 Å². The van der Waals surface area contributed by atoms with E-state index in [1.807, 2.05) is 12.1 Å². The quantitative estimate of drug-likeness (QED) is 0.661. The van der Waals surface area contributed by atoms with E-state index in [0.29, 0.717) is 10.5 Å². The minimum atomic E-state index is -0.241. The first kappa shape index (κ1) is 13.1. The summed E-state index contributed by atoms with van der Waals surface area (Å²) < 4.78 is 14.2. The molecule has 0 aromatic heterocycles. The minimum absolute atomic E-state index is 0.00400. The maximum absolute atomic E-state index is 13.5. The smallest absolute Gasteiger partial charge is 0.137 e. The maximum Gasteiger partial charge on any atom is 0.137 e. The first-order valence-electron chi connectivity index (χ1n) is 5.14. The van der Waals surface area contributed by atoms with Crippen molar-refractivity contribution < 1.29 is 4.39 Å². The van der Waals surface area contributed by atoms with Crippen LogP contribution in [0.1, 0.15) is 5.56 Å². The summed E-state index contributed by atoms with van der Waals surface area (Å²) in [5.41, 5.74) is 6.06. The molecule has 92 valence electrons. The van der Waals surface area contributed by atoms with E-state index < -0.39 is 0 Å². The molecule has 0 aliphatic carbocycles. The van der Waals surface area contributed by atoms with E-state index in [4.69, 9.17) is 11.1 Å². The predicted octanol–water partition coefficient (Wildman–Crippen LogP) is 4.02. The van der Waals surface area contributed by atoms with Crippen LogP contribution in [-0.4, -0.2) is 5.84 Å². The van der Waals surface area contributed by atoms with Gasteiger partial charge in [-0.25, -0.2) is 4.39 Å². The minimum Gasteiger partial charge on any atom is -0.384 e. The van der Waals surface area contributed by atoms with Gasteiger partial charge in [0.1, 0.15) is 11.7 Å². The second kappa shape index (κ2) is 5.54. The van der Waals surface area contributed by atoms with Crippen LogP contribution in [0.2, 0.25) is 0 Å². The highest BCUT2D eigenvalue weighted by molar-refractivity contribution is 9.10. The number of halogens is 2. The van der Waals surface area contributed by atoms with Crippen LogP contribution in [0.15, 0.2) is 56.7 Å². The van der Waals surface area contributed by atoms with Gasteiger partial charge in [0.25, 0.3) is 0 Å². The molecule has 5 heteroatoms. The van der Waals surface area contributed by atoms with Crippen LogP contribution in [0.25, 0.3) is 0 Å². The number of benzene rings is 2. The molecule has 0 aliphatic heterocycles. The fraction of sp³-hybridized carbons (Fsp3) is 0. The molecule has 0 atom stereocenters. The van der Waals surface area contributed by atoms with Crippen LogP contribution in [0.5, 0.6) is 0 Å². The Morgan fingerprint density at radius 1 is 1.22 bits per heavy atom. The molecular weight excluding hydrogens is 315 g/mol. The van der Waals surface area contributed by atoms with Crippen molar-refractivity contribution in [3.05, 3.63) is 58.3 Å². The summed E-state index contributed by atoms with van der Waals surface area (Å²) >= 11 is 4.68. The molecule has 2 nitrogen and oxygen atoms in total. The van der Waals surface area contributed by atoms with Crippen molar-refractivity contribution in [1.82, 2.24) is 0 Å². The molecule has 0 radical (unpaired) electrons. The lowest BCUT2D eigenvalue weighted by molar-refractivity contribution is 0.602. The Bertz CT molecular complexity index is 601. The van der Waals surface area contributed by atoms with E-state index in [0.717, 1.165) is 9.37 Å². The molecule has 0 amide bonds. The van der Waals surface area contributed by atoms with Gasteiger partial charge in [-0.3, -0.25) is 5.41 Å². The van der Waals surface area contributed by atoms with Crippen LogP contribution >= 0.6 is 27.7 Å². The lowest BCUT2D eigenvalue weighted by Gasteiger charge is -2.06. The van der Waals surface area contributed by atoms with Crippen LogP contribution in [0.4, 0.5) is 4.39 Å². The second-order valence-corrected chi connectivity index (χ2v) is 5.56. The van der Waals surface area contributed by atoms with Crippen molar-refractivity contribution in [2.45, 2.75) is 9.79 Å². The van der Waals surface area contributed by atoms with Crippen LogP contribution in [0, 0.1) is 11.2 Å². The van der Waals surface area contributed by atoms with Gasteiger partial charge in [0.05, 0.1) is 0 Å². The summed E-state index contributed by atoms with van der Waals surface area (Å²) in [5, 5.41) is 7.38. The molecule has 18 heavy (non-hydrogen) atoms.